The summed E-state index contributed by atoms with van der Waals surface area (Å²) in [4.78, 5) is 4.61. The summed E-state index contributed by atoms with van der Waals surface area (Å²) in [6, 6.07) is 94.9. The standard InChI is InChI=1S/C64H42N4/c65-43-45-37-47(41-53(39-45)67-59-33-17-13-29-55(59)63(49-21-5-1-6-22-49,50-23-7-2-8-24-50)56-30-14-18-34-60(56)67)48-38-46(44-66)40-54(42-48)68-61-35-19-15-31-57(61)64(51-25-9-3-10-26-51,52-27-11-4-12-28-52)58-32-16-20-36-62(58)68/h1-42H. The molecule has 0 saturated carbocycles. The Morgan fingerprint density at radius 3 is 0.794 bits per heavy atom. The first-order valence-electron chi connectivity index (χ1n) is 23.0. The van der Waals surface area contributed by atoms with Crippen LogP contribution in [0, 0.1) is 22.7 Å². The lowest BCUT2D eigenvalue weighted by Gasteiger charge is -2.46. The Hall–Kier alpha value is -9.22. The van der Waals surface area contributed by atoms with Crippen molar-refractivity contribution >= 4 is 34.1 Å². The van der Waals surface area contributed by atoms with Gasteiger partial charge in [-0.05, 0) is 116 Å². The smallest absolute Gasteiger partial charge is 0.0992 e. The third kappa shape index (κ3) is 6.06. The number of hydrogen-bond acceptors (Lipinski definition) is 4. The Kier molecular flexibility index (Phi) is 9.68. The predicted octanol–water partition coefficient (Wildman–Crippen LogP) is 15.4. The van der Waals surface area contributed by atoms with Crippen LogP contribution in [0.4, 0.5) is 34.1 Å². The van der Waals surface area contributed by atoms with Crippen LogP contribution in [0.3, 0.4) is 0 Å². The van der Waals surface area contributed by atoms with Crippen molar-refractivity contribution < 1.29 is 0 Å². The van der Waals surface area contributed by atoms with Crippen molar-refractivity contribution in [1.29, 1.82) is 10.5 Å². The van der Waals surface area contributed by atoms with E-state index < -0.39 is 10.8 Å². The van der Waals surface area contributed by atoms with Crippen LogP contribution in [0.5, 0.6) is 0 Å². The molecule has 0 fully saturated rings. The SMILES string of the molecule is N#Cc1cc(-c2cc(C#N)cc(N3c4ccccc4C(c4ccccc4)(c4ccccc4)c4ccccc43)c2)cc(N2c3ccccc3C(c3ccccc3)(c3ccccc3)c3ccccc32)c1. The van der Waals surface area contributed by atoms with Crippen LogP contribution in [0.2, 0.25) is 0 Å². The molecular formula is C64H42N4. The van der Waals surface area contributed by atoms with E-state index in [1.165, 1.54) is 22.3 Å². The molecule has 4 heteroatoms. The van der Waals surface area contributed by atoms with Crippen LogP contribution in [0.15, 0.2) is 255 Å². The average Bonchev–Trinajstić information content (AvgIpc) is 3.42. The van der Waals surface area contributed by atoms with Gasteiger partial charge in [-0.2, -0.15) is 10.5 Å². The fourth-order valence-electron chi connectivity index (χ4n) is 11.3. The molecule has 10 aromatic rings. The van der Waals surface area contributed by atoms with Gasteiger partial charge in [-0.1, -0.05) is 194 Å². The number of hydrogen-bond donors (Lipinski definition) is 0. The third-order valence-corrected chi connectivity index (χ3v) is 14.0. The van der Waals surface area contributed by atoms with E-state index in [1.807, 2.05) is 24.3 Å². The van der Waals surface area contributed by atoms with E-state index in [0.717, 1.165) is 67.5 Å². The molecule has 68 heavy (non-hydrogen) atoms. The summed E-state index contributed by atoms with van der Waals surface area (Å²) in [5.74, 6) is 0. The first-order chi connectivity index (χ1) is 33.6. The van der Waals surface area contributed by atoms with Gasteiger partial charge >= 0.3 is 0 Å². The van der Waals surface area contributed by atoms with Crippen LogP contribution >= 0.6 is 0 Å². The molecule has 12 rings (SSSR count). The monoisotopic (exact) mass is 866 g/mol. The minimum Gasteiger partial charge on any atom is -0.310 e. The fourth-order valence-corrected chi connectivity index (χ4v) is 11.3. The molecule has 10 aromatic carbocycles. The van der Waals surface area contributed by atoms with Gasteiger partial charge in [-0.3, -0.25) is 0 Å². The van der Waals surface area contributed by atoms with Gasteiger partial charge in [0.15, 0.2) is 0 Å². The molecule has 0 atom stereocenters. The van der Waals surface area contributed by atoms with Gasteiger partial charge in [0.2, 0.25) is 0 Å². The van der Waals surface area contributed by atoms with Crippen molar-refractivity contribution in [3.63, 3.8) is 0 Å². The Labute approximate surface area is 397 Å². The van der Waals surface area contributed by atoms with Crippen molar-refractivity contribution in [2.75, 3.05) is 9.80 Å². The summed E-state index contributed by atoms with van der Waals surface area (Å²) in [5.41, 5.74) is 16.5. The van der Waals surface area contributed by atoms with Crippen molar-refractivity contribution in [2.45, 2.75) is 10.8 Å². The Morgan fingerprint density at radius 2 is 0.529 bits per heavy atom. The van der Waals surface area contributed by atoms with E-state index in [-0.39, 0.29) is 0 Å². The molecule has 0 N–H and O–H groups in total. The maximum Gasteiger partial charge on any atom is 0.0992 e. The molecule has 0 spiro atoms. The van der Waals surface area contributed by atoms with Crippen LogP contribution in [0.25, 0.3) is 11.1 Å². The van der Waals surface area contributed by atoms with Gasteiger partial charge in [-0.25, -0.2) is 0 Å². The summed E-state index contributed by atoms with van der Waals surface area (Å²) < 4.78 is 0. The Morgan fingerprint density at radius 1 is 0.279 bits per heavy atom. The third-order valence-electron chi connectivity index (χ3n) is 14.0. The second-order valence-electron chi connectivity index (χ2n) is 17.5. The highest BCUT2D eigenvalue weighted by Gasteiger charge is 2.48. The highest BCUT2D eigenvalue weighted by molar-refractivity contribution is 5.93. The lowest BCUT2D eigenvalue weighted by Crippen LogP contribution is -2.37. The molecule has 0 aliphatic carbocycles. The summed E-state index contributed by atoms with van der Waals surface area (Å²) in [6.45, 7) is 0. The lowest BCUT2D eigenvalue weighted by molar-refractivity contribution is 0.731. The van der Waals surface area contributed by atoms with Gasteiger partial charge in [0.25, 0.3) is 0 Å². The second kappa shape index (κ2) is 16.3. The van der Waals surface area contributed by atoms with E-state index in [4.69, 9.17) is 0 Å². The van der Waals surface area contributed by atoms with Crippen molar-refractivity contribution in [3.8, 4) is 23.3 Å². The summed E-state index contributed by atoms with van der Waals surface area (Å²) in [6.07, 6.45) is 0. The number of para-hydroxylation sites is 4. The van der Waals surface area contributed by atoms with Crippen LogP contribution in [0.1, 0.15) is 55.6 Å². The zero-order valence-corrected chi connectivity index (χ0v) is 37.0. The van der Waals surface area contributed by atoms with Crippen LogP contribution < -0.4 is 9.80 Å². The molecule has 0 unspecified atom stereocenters. The average molecular weight is 867 g/mol. The lowest BCUT2D eigenvalue weighted by atomic mass is 9.62. The number of fused-ring (bicyclic) bond motifs is 4. The first-order valence-corrected chi connectivity index (χ1v) is 23.0. The molecule has 318 valence electrons. The summed E-state index contributed by atoms with van der Waals surface area (Å²) in [7, 11) is 0. The molecule has 0 aromatic heterocycles. The normalized spacial score (nSPS) is 13.7. The predicted molar refractivity (Wildman–Crippen MR) is 274 cm³/mol. The summed E-state index contributed by atoms with van der Waals surface area (Å²) >= 11 is 0. The number of nitriles is 2. The number of benzene rings is 10. The number of rotatable bonds is 7. The molecule has 2 aliphatic rings. The number of nitrogens with zero attached hydrogens (tertiary/aromatic N) is 4. The molecule has 2 heterocycles. The zero-order valence-electron chi connectivity index (χ0n) is 37.0. The molecule has 0 radical (unpaired) electrons. The van der Waals surface area contributed by atoms with E-state index in [1.54, 1.807) is 0 Å². The topological polar surface area (TPSA) is 54.1 Å². The molecule has 0 bridgehead atoms. The first kappa shape index (κ1) is 40.3. The van der Waals surface area contributed by atoms with Crippen molar-refractivity contribution in [1.82, 2.24) is 0 Å². The molecule has 0 saturated heterocycles. The molecule has 0 amide bonds. The molecular weight excluding hydrogens is 825 g/mol. The fraction of sp³-hybridized carbons (Fsp3) is 0.0312. The van der Waals surface area contributed by atoms with Crippen LogP contribution in [-0.4, -0.2) is 0 Å². The van der Waals surface area contributed by atoms with Gasteiger partial charge in [0.1, 0.15) is 0 Å². The van der Waals surface area contributed by atoms with E-state index in [9.17, 15) is 10.5 Å². The minimum absolute atomic E-state index is 0.517. The second-order valence-corrected chi connectivity index (χ2v) is 17.5. The van der Waals surface area contributed by atoms with E-state index >= 15 is 0 Å². The van der Waals surface area contributed by atoms with Gasteiger partial charge in [0, 0.05) is 11.4 Å². The largest absolute Gasteiger partial charge is 0.310 e. The molecule has 4 nitrogen and oxygen atoms in total. The quantitative estimate of drug-likeness (QED) is 0.160. The highest BCUT2D eigenvalue weighted by atomic mass is 15.2. The highest BCUT2D eigenvalue weighted by Crippen LogP contribution is 2.60. The minimum atomic E-state index is -0.627. The van der Waals surface area contributed by atoms with Gasteiger partial charge < -0.3 is 9.80 Å². The maximum absolute atomic E-state index is 10.8. The Bertz CT molecular complexity index is 3190. The van der Waals surface area contributed by atoms with Crippen molar-refractivity contribution in [2.24, 2.45) is 0 Å². The van der Waals surface area contributed by atoms with E-state index in [2.05, 4.69) is 252 Å². The van der Waals surface area contributed by atoms with Gasteiger partial charge in [-0.15, -0.1) is 0 Å². The summed E-state index contributed by atoms with van der Waals surface area (Å²) in [5, 5.41) is 21.6. The maximum atomic E-state index is 10.8. The number of anilines is 6. The Balaban J connectivity index is 1.06. The zero-order chi connectivity index (χ0) is 45.7. The van der Waals surface area contributed by atoms with Crippen LogP contribution in [-0.2, 0) is 10.8 Å². The van der Waals surface area contributed by atoms with Gasteiger partial charge in [0.05, 0.1) is 56.8 Å². The van der Waals surface area contributed by atoms with E-state index in [0.29, 0.717) is 11.1 Å². The van der Waals surface area contributed by atoms with Crippen molar-refractivity contribution in [3.05, 3.63) is 310 Å². The molecule has 2 aliphatic heterocycles.